The molecule has 0 amide bonds. The number of hydrogen-bond donors (Lipinski definition) is 1. The largest absolute Gasteiger partial charge is 0.329 e. The van der Waals surface area contributed by atoms with Crippen LogP contribution < -0.4 is 5.73 Å². The third-order valence-electron chi connectivity index (χ3n) is 2.16. The Balaban J connectivity index is 2.33. The monoisotopic (exact) mass is 174 g/mol. The molecule has 0 spiro atoms. The first-order chi connectivity index (χ1) is 5.24. The first kappa shape index (κ1) is 9.36. The van der Waals surface area contributed by atoms with Crippen LogP contribution in [0.3, 0.4) is 0 Å². The molecule has 2 N–H and O–H groups in total. The first-order valence-electron chi connectivity index (χ1n) is 4.29. The zero-order valence-corrected chi connectivity index (χ0v) is 8.23. The minimum atomic E-state index is 0.672. The van der Waals surface area contributed by atoms with Crippen molar-refractivity contribution in [3.63, 3.8) is 0 Å². The van der Waals surface area contributed by atoms with Crippen molar-refractivity contribution in [2.45, 2.75) is 25.1 Å². The molecule has 11 heavy (non-hydrogen) atoms. The minimum absolute atomic E-state index is 0.672. The van der Waals surface area contributed by atoms with Crippen LogP contribution in [0.25, 0.3) is 0 Å². The molecule has 66 valence electrons. The SMILES string of the molecule is CC(C)N1CCSC(CN)C1. The average molecular weight is 174 g/mol. The van der Waals surface area contributed by atoms with Crippen molar-refractivity contribution in [3.05, 3.63) is 0 Å². The molecule has 0 radical (unpaired) electrons. The highest BCUT2D eigenvalue weighted by atomic mass is 32.2. The third kappa shape index (κ3) is 2.65. The van der Waals surface area contributed by atoms with Crippen LogP contribution >= 0.6 is 11.8 Å². The van der Waals surface area contributed by atoms with Gasteiger partial charge in [-0.2, -0.15) is 11.8 Å². The molecular formula is C8H18N2S. The molecule has 0 saturated carbocycles. The van der Waals surface area contributed by atoms with E-state index in [0.29, 0.717) is 11.3 Å². The second kappa shape index (κ2) is 4.33. The van der Waals surface area contributed by atoms with Crippen molar-refractivity contribution in [1.82, 2.24) is 4.90 Å². The van der Waals surface area contributed by atoms with Crippen LogP contribution in [-0.4, -0.2) is 41.6 Å². The van der Waals surface area contributed by atoms with Gasteiger partial charge in [0.15, 0.2) is 0 Å². The Kier molecular flexibility index (Phi) is 3.69. The minimum Gasteiger partial charge on any atom is -0.329 e. The highest BCUT2D eigenvalue weighted by molar-refractivity contribution is 8.00. The van der Waals surface area contributed by atoms with Gasteiger partial charge in [-0.05, 0) is 13.8 Å². The van der Waals surface area contributed by atoms with Gasteiger partial charge in [-0.25, -0.2) is 0 Å². The Labute approximate surface area is 73.5 Å². The van der Waals surface area contributed by atoms with Crippen molar-refractivity contribution in [3.8, 4) is 0 Å². The quantitative estimate of drug-likeness (QED) is 0.670. The van der Waals surface area contributed by atoms with E-state index in [1.807, 2.05) is 11.8 Å². The van der Waals surface area contributed by atoms with Gasteiger partial charge in [0.2, 0.25) is 0 Å². The summed E-state index contributed by atoms with van der Waals surface area (Å²) in [6.45, 7) is 7.75. The van der Waals surface area contributed by atoms with Crippen LogP contribution in [0.1, 0.15) is 13.8 Å². The summed E-state index contributed by atoms with van der Waals surface area (Å²) >= 11 is 2.02. The van der Waals surface area contributed by atoms with Gasteiger partial charge in [0.25, 0.3) is 0 Å². The predicted octanol–water partition coefficient (Wildman–Crippen LogP) is 0.771. The fourth-order valence-corrected chi connectivity index (χ4v) is 2.46. The molecule has 1 rings (SSSR count). The fraction of sp³-hybridized carbons (Fsp3) is 1.00. The van der Waals surface area contributed by atoms with Crippen LogP contribution in [0.4, 0.5) is 0 Å². The predicted molar refractivity (Wildman–Crippen MR) is 52.0 cm³/mol. The second-order valence-electron chi connectivity index (χ2n) is 3.32. The van der Waals surface area contributed by atoms with Crippen molar-refractivity contribution < 1.29 is 0 Å². The van der Waals surface area contributed by atoms with Gasteiger partial charge in [-0.1, -0.05) is 0 Å². The molecule has 1 unspecified atom stereocenters. The number of hydrogen-bond acceptors (Lipinski definition) is 3. The average Bonchev–Trinajstić information content (AvgIpc) is 2.05. The molecule has 1 aliphatic rings. The molecule has 1 aliphatic heterocycles. The molecule has 0 aromatic carbocycles. The highest BCUT2D eigenvalue weighted by Gasteiger charge is 2.20. The Hall–Kier alpha value is 0.270. The zero-order valence-electron chi connectivity index (χ0n) is 7.42. The lowest BCUT2D eigenvalue weighted by Crippen LogP contribution is -2.44. The number of nitrogens with two attached hydrogens (primary N) is 1. The van der Waals surface area contributed by atoms with E-state index in [9.17, 15) is 0 Å². The molecule has 1 fully saturated rings. The summed E-state index contributed by atoms with van der Waals surface area (Å²) in [7, 11) is 0. The Bertz CT molecular complexity index is 117. The molecule has 0 aromatic rings. The molecule has 2 nitrogen and oxygen atoms in total. The molecule has 0 aliphatic carbocycles. The van der Waals surface area contributed by atoms with Gasteiger partial charge >= 0.3 is 0 Å². The molecular weight excluding hydrogens is 156 g/mol. The standard InChI is InChI=1S/C8H18N2S/c1-7(2)10-3-4-11-8(5-9)6-10/h7-8H,3-6,9H2,1-2H3. The van der Waals surface area contributed by atoms with E-state index in [2.05, 4.69) is 18.7 Å². The van der Waals surface area contributed by atoms with Crippen LogP contribution in [0.2, 0.25) is 0 Å². The normalized spacial score (nSPS) is 27.8. The molecule has 1 heterocycles. The number of rotatable bonds is 2. The second-order valence-corrected chi connectivity index (χ2v) is 4.73. The summed E-state index contributed by atoms with van der Waals surface area (Å²) < 4.78 is 0. The van der Waals surface area contributed by atoms with Gasteiger partial charge in [0.05, 0.1) is 0 Å². The summed E-state index contributed by atoms with van der Waals surface area (Å²) in [5.41, 5.74) is 5.62. The van der Waals surface area contributed by atoms with Gasteiger partial charge in [-0.3, -0.25) is 4.90 Å². The van der Waals surface area contributed by atoms with Crippen LogP contribution in [0, 0.1) is 0 Å². The van der Waals surface area contributed by atoms with Gasteiger partial charge in [-0.15, -0.1) is 0 Å². The molecule has 3 heteroatoms. The van der Waals surface area contributed by atoms with Gasteiger partial charge in [0, 0.05) is 36.7 Å². The maximum Gasteiger partial charge on any atom is 0.0298 e. The van der Waals surface area contributed by atoms with Crippen molar-refractivity contribution >= 4 is 11.8 Å². The van der Waals surface area contributed by atoms with E-state index in [0.717, 1.165) is 6.54 Å². The topological polar surface area (TPSA) is 29.3 Å². The fourth-order valence-electron chi connectivity index (χ4n) is 1.35. The Morgan fingerprint density at radius 3 is 2.91 bits per heavy atom. The van der Waals surface area contributed by atoms with E-state index in [1.165, 1.54) is 18.8 Å². The van der Waals surface area contributed by atoms with Crippen LogP contribution in [0.5, 0.6) is 0 Å². The van der Waals surface area contributed by atoms with E-state index >= 15 is 0 Å². The zero-order chi connectivity index (χ0) is 8.27. The Morgan fingerprint density at radius 2 is 2.36 bits per heavy atom. The summed E-state index contributed by atoms with van der Waals surface area (Å²) in [6.07, 6.45) is 0. The first-order valence-corrected chi connectivity index (χ1v) is 5.34. The molecule has 1 saturated heterocycles. The lowest BCUT2D eigenvalue weighted by molar-refractivity contribution is 0.230. The summed E-state index contributed by atoms with van der Waals surface area (Å²) in [5.74, 6) is 1.25. The van der Waals surface area contributed by atoms with Crippen LogP contribution in [0.15, 0.2) is 0 Å². The van der Waals surface area contributed by atoms with Crippen molar-refractivity contribution in [2.75, 3.05) is 25.4 Å². The summed E-state index contributed by atoms with van der Waals surface area (Å²) in [6, 6.07) is 0.685. The highest BCUT2D eigenvalue weighted by Crippen LogP contribution is 2.18. The summed E-state index contributed by atoms with van der Waals surface area (Å²) in [4.78, 5) is 2.51. The molecule has 0 bridgehead atoms. The third-order valence-corrected chi connectivity index (χ3v) is 3.39. The Morgan fingerprint density at radius 1 is 1.64 bits per heavy atom. The van der Waals surface area contributed by atoms with E-state index in [4.69, 9.17) is 5.73 Å². The maximum atomic E-state index is 5.62. The van der Waals surface area contributed by atoms with Crippen LogP contribution in [-0.2, 0) is 0 Å². The molecule has 0 aromatic heterocycles. The number of thioether (sulfide) groups is 1. The summed E-state index contributed by atoms with van der Waals surface area (Å²) in [5, 5.41) is 0.672. The van der Waals surface area contributed by atoms with E-state index in [1.54, 1.807) is 0 Å². The van der Waals surface area contributed by atoms with Crippen molar-refractivity contribution in [2.24, 2.45) is 5.73 Å². The lowest BCUT2D eigenvalue weighted by atomic mass is 10.3. The van der Waals surface area contributed by atoms with Gasteiger partial charge in [0.1, 0.15) is 0 Å². The smallest absolute Gasteiger partial charge is 0.0298 e. The maximum absolute atomic E-state index is 5.62. The van der Waals surface area contributed by atoms with Gasteiger partial charge < -0.3 is 5.73 Å². The molecule has 1 atom stereocenters. The lowest BCUT2D eigenvalue weighted by Gasteiger charge is -2.34. The van der Waals surface area contributed by atoms with E-state index in [-0.39, 0.29) is 0 Å². The number of nitrogens with zero attached hydrogens (tertiary/aromatic N) is 1. The van der Waals surface area contributed by atoms with E-state index < -0.39 is 0 Å². The van der Waals surface area contributed by atoms with Crippen molar-refractivity contribution in [1.29, 1.82) is 0 Å².